The zero-order valence-corrected chi connectivity index (χ0v) is 11.4. The fourth-order valence-electron chi connectivity index (χ4n) is 3.65. The number of piperidine rings is 1. The van der Waals surface area contributed by atoms with Gasteiger partial charge in [0, 0.05) is 31.4 Å². The van der Waals surface area contributed by atoms with Crippen molar-refractivity contribution in [3.8, 4) is 0 Å². The van der Waals surface area contributed by atoms with E-state index < -0.39 is 0 Å². The Morgan fingerprint density at radius 2 is 2.06 bits per heavy atom. The molecule has 4 nitrogen and oxygen atoms in total. The lowest BCUT2D eigenvalue weighted by molar-refractivity contribution is 0.0518. The third-order valence-electron chi connectivity index (χ3n) is 4.67. The van der Waals surface area contributed by atoms with Crippen LogP contribution in [0.3, 0.4) is 0 Å². The Morgan fingerprint density at radius 1 is 1.33 bits per heavy atom. The summed E-state index contributed by atoms with van der Waals surface area (Å²) in [6, 6.07) is 1.33. The van der Waals surface area contributed by atoms with Gasteiger partial charge in [0.05, 0.1) is 11.9 Å². The van der Waals surface area contributed by atoms with E-state index in [1.807, 2.05) is 12.4 Å². The lowest BCUT2D eigenvalue weighted by Crippen LogP contribution is -2.55. The van der Waals surface area contributed by atoms with E-state index in [2.05, 4.69) is 34.3 Å². The smallest absolute Gasteiger partial charge is 0.0726 e. The molecular weight excluding hydrogens is 224 g/mol. The van der Waals surface area contributed by atoms with Crippen molar-refractivity contribution in [1.29, 1.82) is 0 Å². The lowest BCUT2D eigenvalue weighted by atomic mass is 9.73. The molecule has 0 amide bonds. The molecule has 2 aliphatic rings. The molecule has 2 bridgehead atoms. The minimum atomic E-state index is 0.645. The maximum absolute atomic E-state index is 4.03. The van der Waals surface area contributed by atoms with Gasteiger partial charge in [-0.25, -0.2) is 0 Å². The van der Waals surface area contributed by atoms with Crippen LogP contribution in [-0.4, -0.2) is 40.3 Å². The first-order chi connectivity index (χ1) is 8.74. The third kappa shape index (κ3) is 2.26. The van der Waals surface area contributed by atoms with Gasteiger partial charge in [0.2, 0.25) is 0 Å². The van der Waals surface area contributed by atoms with E-state index >= 15 is 0 Å². The molecule has 2 N–H and O–H groups in total. The Morgan fingerprint density at radius 3 is 2.61 bits per heavy atom. The summed E-state index contributed by atoms with van der Waals surface area (Å²) in [5.41, 5.74) is 1.15. The highest BCUT2D eigenvalue weighted by atomic mass is 15.2. The minimum Gasteiger partial charge on any atom is -0.379 e. The minimum absolute atomic E-state index is 0.645. The third-order valence-corrected chi connectivity index (χ3v) is 4.67. The number of anilines is 1. The summed E-state index contributed by atoms with van der Waals surface area (Å²) < 4.78 is 0. The Balaban J connectivity index is 1.72. The fourth-order valence-corrected chi connectivity index (χ4v) is 3.65. The number of aromatic nitrogens is 2. The molecule has 1 saturated carbocycles. The Hall–Kier alpha value is -1.03. The maximum atomic E-state index is 4.03. The Bertz CT molecular complexity index is 359. The summed E-state index contributed by atoms with van der Waals surface area (Å²) in [5.74, 6) is 1.60. The number of hydrogen-bond donors (Lipinski definition) is 2. The van der Waals surface area contributed by atoms with Gasteiger partial charge in [0.1, 0.15) is 0 Å². The number of nitrogens with zero attached hydrogens (tertiary/aromatic N) is 2. The number of likely N-dealkylation sites (tertiary alicyclic amines) is 1. The quantitative estimate of drug-likeness (QED) is 0.863. The predicted octanol–water partition coefficient (Wildman–Crippen LogP) is 2.33. The van der Waals surface area contributed by atoms with Crippen LogP contribution in [0.25, 0.3) is 0 Å². The number of aromatic amines is 1. The lowest BCUT2D eigenvalue weighted by Gasteiger charge is -2.49. The molecular formula is C14H24N4. The zero-order chi connectivity index (χ0) is 12.5. The van der Waals surface area contributed by atoms with Crippen molar-refractivity contribution >= 4 is 5.69 Å². The molecule has 4 heteroatoms. The summed E-state index contributed by atoms with van der Waals surface area (Å²) in [6.07, 6.45) is 8.00. The number of nitrogens with one attached hydrogen (secondary N) is 2. The second-order valence-corrected chi connectivity index (χ2v) is 6.16. The van der Waals surface area contributed by atoms with Crippen molar-refractivity contribution in [3.63, 3.8) is 0 Å². The average Bonchev–Trinajstić information content (AvgIpc) is 2.81. The summed E-state index contributed by atoms with van der Waals surface area (Å²) >= 11 is 0. The topological polar surface area (TPSA) is 44.0 Å². The standard InChI is InChI=1S/C14H24N4/c1-10(2)18-8-11-4-3-5-12(9-18)14(11)17-13-6-15-16-7-13/h6-7,10-12,14,17H,3-5,8-9H2,1-2H3,(H,15,16). The molecule has 2 heterocycles. The molecule has 1 aliphatic heterocycles. The van der Waals surface area contributed by atoms with Crippen LogP contribution < -0.4 is 5.32 Å². The number of hydrogen-bond acceptors (Lipinski definition) is 3. The molecule has 2 fully saturated rings. The monoisotopic (exact) mass is 248 g/mol. The Kier molecular flexibility index (Phi) is 3.29. The van der Waals surface area contributed by atoms with E-state index in [0.29, 0.717) is 12.1 Å². The second-order valence-electron chi connectivity index (χ2n) is 6.16. The van der Waals surface area contributed by atoms with Crippen molar-refractivity contribution in [2.75, 3.05) is 18.4 Å². The molecule has 0 radical (unpaired) electrons. The molecule has 2 atom stereocenters. The molecule has 1 saturated heterocycles. The zero-order valence-electron chi connectivity index (χ0n) is 11.4. The summed E-state index contributed by atoms with van der Waals surface area (Å²) in [6.45, 7) is 7.15. The molecule has 3 rings (SSSR count). The van der Waals surface area contributed by atoms with Crippen molar-refractivity contribution in [1.82, 2.24) is 15.1 Å². The second kappa shape index (κ2) is 4.92. The van der Waals surface area contributed by atoms with Crippen molar-refractivity contribution in [2.24, 2.45) is 11.8 Å². The van der Waals surface area contributed by atoms with Gasteiger partial charge in [-0.05, 0) is 38.5 Å². The predicted molar refractivity (Wildman–Crippen MR) is 73.5 cm³/mol. The van der Waals surface area contributed by atoms with Crippen molar-refractivity contribution in [3.05, 3.63) is 12.4 Å². The Labute approximate surface area is 109 Å². The normalized spacial score (nSPS) is 32.7. The van der Waals surface area contributed by atoms with Crippen LogP contribution in [0, 0.1) is 11.8 Å². The molecule has 0 aromatic carbocycles. The first-order valence-corrected chi connectivity index (χ1v) is 7.23. The van der Waals surface area contributed by atoms with Crippen molar-refractivity contribution in [2.45, 2.75) is 45.2 Å². The van der Waals surface area contributed by atoms with Gasteiger partial charge in [0.25, 0.3) is 0 Å². The molecule has 0 spiro atoms. The molecule has 1 aromatic rings. The first-order valence-electron chi connectivity index (χ1n) is 7.23. The van der Waals surface area contributed by atoms with Crippen LogP contribution in [0.2, 0.25) is 0 Å². The van der Waals surface area contributed by atoms with E-state index in [1.54, 1.807) is 0 Å². The van der Waals surface area contributed by atoms with Crippen LogP contribution in [0.15, 0.2) is 12.4 Å². The van der Waals surface area contributed by atoms with Gasteiger partial charge in [-0.15, -0.1) is 0 Å². The molecule has 100 valence electrons. The van der Waals surface area contributed by atoms with E-state index in [9.17, 15) is 0 Å². The van der Waals surface area contributed by atoms with Crippen LogP contribution in [0.1, 0.15) is 33.1 Å². The van der Waals surface area contributed by atoms with Gasteiger partial charge in [-0.1, -0.05) is 6.42 Å². The molecule has 18 heavy (non-hydrogen) atoms. The maximum Gasteiger partial charge on any atom is 0.0726 e. The van der Waals surface area contributed by atoms with Crippen LogP contribution >= 0.6 is 0 Å². The van der Waals surface area contributed by atoms with Crippen LogP contribution in [-0.2, 0) is 0 Å². The first kappa shape index (κ1) is 12.0. The highest BCUT2D eigenvalue weighted by Gasteiger charge is 2.39. The highest BCUT2D eigenvalue weighted by molar-refractivity contribution is 5.39. The summed E-state index contributed by atoms with van der Waals surface area (Å²) in [5, 5.41) is 10.6. The average molecular weight is 248 g/mol. The van der Waals surface area contributed by atoms with E-state index in [0.717, 1.165) is 17.5 Å². The molecule has 1 aliphatic carbocycles. The van der Waals surface area contributed by atoms with Gasteiger partial charge in [-0.3, -0.25) is 5.10 Å². The van der Waals surface area contributed by atoms with Crippen LogP contribution in [0.5, 0.6) is 0 Å². The van der Waals surface area contributed by atoms with Gasteiger partial charge < -0.3 is 10.2 Å². The highest BCUT2D eigenvalue weighted by Crippen LogP contribution is 2.37. The summed E-state index contributed by atoms with van der Waals surface area (Å²) in [4.78, 5) is 2.65. The van der Waals surface area contributed by atoms with E-state index in [-0.39, 0.29) is 0 Å². The van der Waals surface area contributed by atoms with Gasteiger partial charge in [0.15, 0.2) is 0 Å². The fraction of sp³-hybridized carbons (Fsp3) is 0.786. The molecule has 2 unspecified atom stereocenters. The van der Waals surface area contributed by atoms with Gasteiger partial charge >= 0.3 is 0 Å². The number of H-pyrrole nitrogens is 1. The largest absolute Gasteiger partial charge is 0.379 e. The van der Waals surface area contributed by atoms with Crippen molar-refractivity contribution < 1.29 is 0 Å². The van der Waals surface area contributed by atoms with E-state index in [4.69, 9.17) is 0 Å². The van der Waals surface area contributed by atoms with Gasteiger partial charge in [-0.2, -0.15) is 5.10 Å². The number of fused-ring (bicyclic) bond motifs is 2. The van der Waals surface area contributed by atoms with E-state index in [1.165, 1.54) is 32.4 Å². The summed E-state index contributed by atoms with van der Waals surface area (Å²) in [7, 11) is 0. The number of rotatable bonds is 3. The SMILES string of the molecule is CC(C)N1CC2CCCC(C1)C2Nc1cn[nH]c1. The molecule has 1 aromatic heterocycles. The van der Waals surface area contributed by atoms with Crippen LogP contribution in [0.4, 0.5) is 5.69 Å².